The van der Waals surface area contributed by atoms with Crippen LogP contribution in [0.5, 0.6) is 5.75 Å². The number of benzene rings is 1. The Morgan fingerprint density at radius 3 is 2.54 bits per heavy atom. The first-order valence-electron chi connectivity index (χ1n) is 7.97. The minimum Gasteiger partial charge on any atom is -0.497 e. The van der Waals surface area contributed by atoms with E-state index in [2.05, 4.69) is 20.8 Å². The van der Waals surface area contributed by atoms with Gasteiger partial charge in [-0.05, 0) is 37.1 Å². The molecule has 2 amide bonds. The van der Waals surface area contributed by atoms with Crippen molar-refractivity contribution >= 4 is 17.5 Å². The maximum Gasteiger partial charge on any atom is 0.274 e. The molecule has 1 saturated carbocycles. The lowest BCUT2D eigenvalue weighted by Gasteiger charge is -2.11. The summed E-state index contributed by atoms with van der Waals surface area (Å²) in [5.41, 5.74) is 1.04. The third-order valence-corrected chi connectivity index (χ3v) is 4.15. The highest BCUT2D eigenvalue weighted by Crippen LogP contribution is 2.20. The number of carbonyl (C=O) groups is 2. The third kappa shape index (κ3) is 3.56. The number of H-pyrrole nitrogens is 1. The van der Waals surface area contributed by atoms with E-state index in [1.165, 1.54) is 6.20 Å². The fraction of sp³-hybridized carbons (Fsp3) is 0.353. The van der Waals surface area contributed by atoms with Crippen LogP contribution in [0.4, 0.5) is 5.69 Å². The highest BCUT2D eigenvalue weighted by molar-refractivity contribution is 6.08. The molecule has 0 bridgehead atoms. The highest BCUT2D eigenvalue weighted by Gasteiger charge is 2.22. The van der Waals surface area contributed by atoms with Crippen molar-refractivity contribution in [1.29, 1.82) is 0 Å². The molecular formula is C17H20N4O3. The number of aromatic nitrogens is 2. The molecule has 0 aliphatic heterocycles. The monoisotopic (exact) mass is 328 g/mol. The van der Waals surface area contributed by atoms with E-state index in [4.69, 9.17) is 4.74 Å². The number of carbonyl (C=O) groups excluding carboxylic acids is 2. The molecule has 1 aliphatic carbocycles. The molecule has 1 aliphatic rings. The predicted molar refractivity (Wildman–Crippen MR) is 89.3 cm³/mol. The van der Waals surface area contributed by atoms with Gasteiger partial charge in [-0.2, -0.15) is 5.10 Å². The van der Waals surface area contributed by atoms with Crippen LogP contribution in [0.3, 0.4) is 0 Å². The van der Waals surface area contributed by atoms with E-state index < -0.39 is 0 Å². The van der Waals surface area contributed by atoms with E-state index in [-0.39, 0.29) is 23.6 Å². The van der Waals surface area contributed by atoms with Crippen LogP contribution in [0.15, 0.2) is 30.5 Å². The number of ether oxygens (including phenoxy) is 1. The normalized spacial score (nSPS) is 14.4. The predicted octanol–water partition coefficient (Wildman–Crippen LogP) is 2.34. The Kier molecular flexibility index (Phi) is 4.79. The third-order valence-electron chi connectivity index (χ3n) is 4.15. The lowest BCUT2D eigenvalue weighted by atomic mass is 10.2. The van der Waals surface area contributed by atoms with Crippen molar-refractivity contribution in [2.75, 3.05) is 12.4 Å². The van der Waals surface area contributed by atoms with Crippen LogP contribution in [-0.2, 0) is 0 Å². The molecule has 3 N–H and O–H groups in total. The largest absolute Gasteiger partial charge is 0.497 e. The first kappa shape index (κ1) is 16.0. The number of hydrogen-bond acceptors (Lipinski definition) is 4. The first-order chi connectivity index (χ1) is 11.7. The molecule has 1 aromatic heterocycles. The standard InChI is InChI=1S/C17H20N4O3/c1-24-13-8-6-11(7-9-13)16(22)20-14-10-18-21-15(14)17(23)19-12-4-2-3-5-12/h6-10,12H,2-5H2,1H3,(H,18,21)(H,19,23)(H,20,22). The molecule has 1 fully saturated rings. The number of nitrogens with zero attached hydrogens (tertiary/aromatic N) is 1. The fourth-order valence-electron chi connectivity index (χ4n) is 2.82. The van der Waals surface area contributed by atoms with E-state index in [1.54, 1.807) is 31.4 Å². The van der Waals surface area contributed by atoms with Gasteiger partial charge in [-0.15, -0.1) is 0 Å². The zero-order chi connectivity index (χ0) is 16.9. The SMILES string of the molecule is COc1ccc(C(=O)Nc2c[nH]nc2C(=O)NC2CCCC2)cc1. The maximum atomic E-state index is 12.3. The summed E-state index contributed by atoms with van der Waals surface area (Å²) in [5, 5.41) is 12.3. The fourth-order valence-corrected chi connectivity index (χ4v) is 2.82. The number of rotatable bonds is 5. The highest BCUT2D eigenvalue weighted by atomic mass is 16.5. The molecular weight excluding hydrogens is 308 g/mol. The van der Waals surface area contributed by atoms with Crippen LogP contribution in [0.25, 0.3) is 0 Å². The second-order valence-corrected chi connectivity index (χ2v) is 5.78. The minimum absolute atomic E-state index is 0.194. The molecule has 0 radical (unpaired) electrons. The average Bonchev–Trinajstić information content (AvgIpc) is 3.26. The van der Waals surface area contributed by atoms with Crippen LogP contribution in [0, 0.1) is 0 Å². The lowest BCUT2D eigenvalue weighted by Crippen LogP contribution is -2.33. The molecule has 7 nitrogen and oxygen atoms in total. The van der Waals surface area contributed by atoms with Crippen LogP contribution >= 0.6 is 0 Å². The number of hydrogen-bond donors (Lipinski definition) is 3. The molecule has 126 valence electrons. The minimum atomic E-state index is -0.311. The summed E-state index contributed by atoms with van der Waals surface area (Å²) >= 11 is 0. The Hall–Kier alpha value is -2.83. The Bertz CT molecular complexity index is 718. The molecule has 0 unspecified atom stereocenters. The summed E-state index contributed by atoms with van der Waals surface area (Å²) in [6, 6.07) is 6.93. The van der Waals surface area contributed by atoms with Gasteiger partial charge >= 0.3 is 0 Å². The summed E-state index contributed by atoms with van der Waals surface area (Å²) in [5.74, 6) is 0.0913. The number of amides is 2. The molecule has 24 heavy (non-hydrogen) atoms. The smallest absolute Gasteiger partial charge is 0.274 e. The molecule has 0 atom stereocenters. The lowest BCUT2D eigenvalue weighted by molar-refractivity contribution is 0.0933. The Morgan fingerprint density at radius 2 is 1.88 bits per heavy atom. The van der Waals surface area contributed by atoms with Crippen molar-refractivity contribution in [3.05, 3.63) is 41.7 Å². The molecule has 7 heteroatoms. The molecule has 1 heterocycles. The van der Waals surface area contributed by atoms with Crippen LogP contribution in [0.1, 0.15) is 46.5 Å². The van der Waals surface area contributed by atoms with E-state index in [9.17, 15) is 9.59 Å². The molecule has 0 saturated heterocycles. The van der Waals surface area contributed by atoms with Gasteiger partial charge in [0.1, 0.15) is 5.75 Å². The molecule has 1 aromatic carbocycles. The Labute approximate surface area is 139 Å². The maximum absolute atomic E-state index is 12.3. The van der Waals surface area contributed by atoms with Gasteiger partial charge in [0.05, 0.1) is 12.8 Å². The number of methoxy groups -OCH3 is 1. The van der Waals surface area contributed by atoms with Crippen molar-refractivity contribution in [1.82, 2.24) is 15.5 Å². The van der Waals surface area contributed by atoms with E-state index in [0.717, 1.165) is 25.7 Å². The van der Waals surface area contributed by atoms with Gasteiger partial charge in [-0.25, -0.2) is 0 Å². The van der Waals surface area contributed by atoms with Gasteiger partial charge < -0.3 is 15.4 Å². The van der Waals surface area contributed by atoms with E-state index in [0.29, 0.717) is 17.0 Å². The summed E-state index contributed by atoms with van der Waals surface area (Å²) in [4.78, 5) is 24.6. The summed E-state index contributed by atoms with van der Waals surface area (Å²) in [7, 11) is 1.57. The van der Waals surface area contributed by atoms with E-state index in [1.807, 2.05) is 0 Å². The van der Waals surface area contributed by atoms with Gasteiger partial charge in [-0.1, -0.05) is 12.8 Å². The second kappa shape index (κ2) is 7.16. The first-order valence-corrected chi connectivity index (χ1v) is 7.97. The number of aromatic amines is 1. The second-order valence-electron chi connectivity index (χ2n) is 5.78. The van der Waals surface area contributed by atoms with Gasteiger partial charge in [0, 0.05) is 17.8 Å². The van der Waals surface area contributed by atoms with Crippen molar-refractivity contribution in [2.24, 2.45) is 0 Å². The van der Waals surface area contributed by atoms with E-state index >= 15 is 0 Å². The topological polar surface area (TPSA) is 96.1 Å². The van der Waals surface area contributed by atoms with Gasteiger partial charge in [0.15, 0.2) is 5.69 Å². The van der Waals surface area contributed by atoms with Gasteiger partial charge in [0.2, 0.25) is 0 Å². The van der Waals surface area contributed by atoms with Crippen LogP contribution in [0.2, 0.25) is 0 Å². The summed E-state index contributed by atoms with van der Waals surface area (Å²) < 4.78 is 5.07. The quantitative estimate of drug-likeness (QED) is 0.785. The Balaban J connectivity index is 1.67. The summed E-state index contributed by atoms with van der Waals surface area (Å²) in [6.45, 7) is 0. The zero-order valence-electron chi connectivity index (χ0n) is 13.5. The zero-order valence-corrected chi connectivity index (χ0v) is 13.5. The van der Waals surface area contributed by atoms with Crippen molar-refractivity contribution in [3.63, 3.8) is 0 Å². The number of anilines is 1. The molecule has 0 spiro atoms. The van der Waals surface area contributed by atoms with Crippen LogP contribution < -0.4 is 15.4 Å². The van der Waals surface area contributed by atoms with Crippen LogP contribution in [-0.4, -0.2) is 35.2 Å². The molecule has 3 rings (SSSR count). The number of nitrogens with one attached hydrogen (secondary N) is 3. The van der Waals surface area contributed by atoms with Crippen molar-refractivity contribution in [2.45, 2.75) is 31.7 Å². The van der Waals surface area contributed by atoms with Crippen molar-refractivity contribution in [3.8, 4) is 5.75 Å². The average molecular weight is 328 g/mol. The van der Waals surface area contributed by atoms with Gasteiger partial charge in [-0.3, -0.25) is 14.7 Å². The van der Waals surface area contributed by atoms with Gasteiger partial charge in [0.25, 0.3) is 11.8 Å². The summed E-state index contributed by atoms with van der Waals surface area (Å²) in [6.07, 6.45) is 5.75. The Morgan fingerprint density at radius 1 is 1.17 bits per heavy atom. The van der Waals surface area contributed by atoms with Crippen molar-refractivity contribution < 1.29 is 14.3 Å². The molecule has 2 aromatic rings.